The van der Waals surface area contributed by atoms with E-state index in [1.165, 1.54) is 4.52 Å². The molecule has 3 N–H and O–H groups in total. The van der Waals surface area contributed by atoms with Gasteiger partial charge in [0.05, 0.1) is 30.6 Å². The summed E-state index contributed by atoms with van der Waals surface area (Å²) in [4.78, 5) is 34.4. The van der Waals surface area contributed by atoms with E-state index in [0.717, 1.165) is 27.6 Å². The maximum absolute atomic E-state index is 13.6. The number of carbonyl (C=O) groups excluding carboxylic acids is 1. The second-order valence-electron chi connectivity index (χ2n) is 9.88. The van der Waals surface area contributed by atoms with Gasteiger partial charge in [-0.3, -0.25) is 14.6 Å². The number of methoxy groups -OCH3 is 1. The second-order valence-corrected chi connectivity index (χ2v) is 9.88. The highest BCUT2D eigenvalue weighted by molar-refractivity contribution is 5.96. The first-order chi connectivity index (χ1) is 18.8. The van der Waals surface area contributed by atoms with Gasteiger partial charge in [0.2, 0.25) is 0 Å². The molecule has 5 rings (SSSR count). The molecule has 9 heteroatoms. The fourth-order valence-electron chi connectivity index (χ4n) is 4.92. The average Bonchev–Trinajstić information content (AvgIpc) is 3.34. The number of carbonyl (C=O) groups is 1. The Balaban J connectivity index is 1.55. The lowest BCUT2D eigenvalue weighted by Crippen LogP contribution is -2.30. The molecule has 0 spiro atoms. The molecule has 200 valence electrons. The van der Waals surface area contributed by atoms with Crippen LogP contribution >= 0.6 is 0 Å². The van der Waals surface area contributed by atoms with Gasteiger partial charge in [-0.2, -0.15) is 5.10 Å². The minimum absolute atomic E-state index is 0.110. The highest BCUT2D eigenvalue weighted by Gasteiger charge is 2.26. The van der Waals surface area contributed by atoms with Crippen molar-refractivity contribution in [1.29, 1.82) is 0 Å². The van der Waals surface area contributed by atoms with Gasteiger partial charge in [-0.05, 0) is 54.7 Å². The summed E-state index contributed by atoms with van der Waals surface area (Å²) in [6.07, 6.45) is 3.75. The first-order valence-corrected chi connectivity index (χ1v) is 12.9. The van der Waals surface area contributed by atoms with Crippen LogP contribution in [-0.4, -0.2) is 44.3 Å². The summed E-state index contributed by atoms with van der Waals surface area (Å²) in [5.41, 5.74) is 4.80. The molecule has 2 aromatic carbocycles. The molecule has 1 amide bonds. The highest BCUT2D eigenvalue weighted by atomic mass is 16.5. The third-order valence-corrected chi connectivity index (χ3v) is 6.95. The lowest BCUT2D eigenvalue weighted by molar-refractivity contribution is 0.0923. The number of nitrogens with one attached hydrogen (secondary N) is 2. The molecule has 5 aromatic rings. The number of fused-ring (bicyclic) bond motifs is 2. The molecule has 3 aromatic heterocycles. The second kappa shape index (κ2) is 10.7. The molecule has 1 unspecified atom stereocenters. The maximum Gasteiger partial charge on any atom is 0.274 e. The van der Waals surface area contributed by atoms with Gasteiger partial charge in [0.1, 0.15) is 11.3 Å². The number of rotatable bonds is 8. The SMILES string of the molecule is COc1ccc(C(CCO)NC(=O)c2nn3cc(-c4cnc5cccc(C)c5c4)[nH]c(=O)c3c2C(C)C)cc1. The predicted octanol–water partition coefficient (Wildman–Crippen LogP) is 4.53. The van der Waals surface area contributed by atoms with Crippen LogP contribution in [-0.2, 0) is 0 Å². The summed E-state index contributed by atoms with van der Waals surface area (Å²) in [6, 6.07) is 14.8. The molecule has 0 bridgehead atoms. The number of aliphatic hydroxyl groups excluding tert-OH is 1. The monoisotopic (exact) mass is 525 g/mol. The first-order valence-electron chi connectivity index (χ1n) is 12.9. The smallest absolute Gasteiger partial charge is 0.274 e. The van der Waals surface area contributed by atoms with E-state index in [1.54, 1.807) is 31.6 Å². The number of ether oxygens (including phenoxy) is 1. The Hall–Kier alpha value is -4.50. The molecule has 0 aliphatic carbocycles. The van der Waals surface area contributed by atoms with E-state index in [0.29, 0.717) is 28.9 Å². The fourth-order valence-corrected chi connectivity index (χ4v) is 4.92. The molecule has 0 saturated heterocycles. The molecular formula is C30H31N5O4. The minimum atomic E-state index is -0.445. The van der Waals surface area contributed by atoms with Gasteiger partial charge in [0.15, 0.2) is 5.69 Å². The van der Waals surface area contributed by atoms with Crippen molar-refractivity contribution in [3.8, 4) is 17.0 Å². The molecule has 1 atom stereocenters. The maximum atomic E-state index is 13.6. The van der Waals surface area contributed by atoms with E-state index < -0.39 is 11.9 Å². The van der Waals surface area contributed by atoms with Gasteiger partial charge < -0.3 is 20.1 Å². The van der Waals surface area contributed by atoms with Crippen molar-refractivity contribution in [2.24, 2.45) is 0 Å². The van der Waals surface area contributed by atoms with E-state index in [1.807, 2.05) is 57.2 Å². The zero-order chi connectivity index (χ0) is 27.7. The summed E-state index contributed by atoms with van der Waals surface area (Å²) in [6.45, 7) is 5.75. The first kappa shape index (κ1) is 26.1. The van der Waals surface area contributed by atoms with E-state index in [-0.39, 0.29) is 23.8 Å². The fraction of sp³-hybridized carbons (Fsp3) is 0.267. The van der Waals surface area contributed by atoms with Gasteiger partial charge in [-0.25, -0.2) is 4.52 Å². The molecule has 0 aliphatic rings. The normalized spacial score (nSPS) is 12.3. The number of hydrogen-bond donors (Lipinski definition) is 3. The Morgan fingerprint density at radius 2 is 1.95 bits per heavy atom. The molecule has 0 fully saturated rings. The lowest BCUT2D eigenvalue weighted by atomic mass is 10.00. The average molecular weight is 526 g/mol. The zero-order valence-electron chi connectivity index (χ0n) is 22.4. The Kier molecular flexibility index (Phi) is 7.17. The number of aromatic amines is 1. The lowest BCUT2D eigenvalue weighted by Gasteiger charge is -2.18. The number of pyridine rings is 1. The largest absolute Gasteiger partial charge is 0.497 e. The number of hydrogen-bond acceptors (Lipinski definition) is 6. The van der Waals surface area contributed by atoms with Crippen LogP contribution in [0.15, 0.2) is 65.7 Å². The van der Waals surface area contributed by atoms with Crippen LogP contribution in [0.25, 0.3) is 27.7 Å². The summed E-state index contributed by atoms with van der Waals surface area (Å²) in [5, 5.41) is 18.2. The predicted molar refractivity (Wildman–Crippen MR) is 150 cm³/mol. The number of aryl methyl sites for hydroxylation is 1. The number of benzene rings is 2. The standard InChI is InChI=1S/C30H31N5O4/c1-17(2)26-27(29(37)32-23(12-13-36)19-8-10-21(39-4)11-9-19)34-35-16-25(33-30(38)28(26)35)20-14-22-18(3)6-5-7-24(22)31-15-20/h5-11,14-17,23,36H,12-13H2,1-4H3,(H,32,37)(H,33,38). The summed E-state index contributed by atoms with van der Waals surface area (Å²) in [5.74, 6) is 0.139. The molecule has 9 nitrogen and oxygen atoms in total. The van der Waals surface area contributed by atoms with E-state index in [4.69, 9.17) is 4.74 Å². The topological polar surface area (TPSA) is 122 Å². The molecule has 3 heterocycles. The van der Waals surface area contributed by atoms with Crippen LogP contribution < -0.4 is 15.6 Å². The van der Waals surface area contributed by atoms with Crippen LogP contribution in [0.4, 0.5) is 0 Å². The summed E-state index contributed by atoms with van der Waals surface area (Å²) >= 11 is 0. The Bertz CT molecular complexity index is 1720. The Morgan fingerprint density at radius 1 is 1.18 bits per heavy atom. The number of aliphatic hydroxyl groups is 1. The van der Waals surface area contributed by atoms with Gasteiger partial charge in [0.25, 0.3) is 11.5 Å². The van der Waals surface area contributed by atoms with Crippen molar-refractivity contribution in [2.45, 2.75) is 39.2 Å². The number of nitrogens with zero attached hydrogens (tertiary/aromatic N) is 3. The van der Waals surface area contributed by atoms with Crippen LogP contribution in [0, 0.1) is 6.92 Å². The van der Waals surface area contributed by atoms with Crippen molar-refractivity contribution >= 4 is 22.3 Å². The van der Waals surface area contributed by atoms with E-state index in [9.17, 15) is 14.7 Å². The van der Waals surface area contributed by atoms with E-state index in [2.05, 4.69) is 20.4 Å². The van der Waals surface area contributed by atoms with Crippen molar-refractivity contribution < 1.29 is 14.6 Å². The third-order valence-electron chi connectivity index (χ3n) is 6.95. The van der Waals surface area contributed by atoms with Gasteiger partial charge in [0, 0.05) is 29.3 Å². The molecule has 39 heavy (non-hydrogen) atoms. The van der Waals surface area contributed by atoms with Crippen molar-refractivity contribution in [3.63, 3.8) is 0 Å². The third kappa shape index (κ3) is 5.00. The molecular weight excluding hydrogens is 494 g/mol. The van der Waals surface area contributed by atoms with Gasteiger partial charge >= 0.3 is 0 Å². The van der Waals surface area contributed by atoms with Gasteiger partial charge in [-0.15, -0.1) is 0 Å². The molecule has 0 aliphatic heterocycles. The van der Waals surface area contributed by atoms with Crippen LogP contribution in [0.1, 0.15) is 59.4 Å². The van der Waals surface area contributed by atoms with E-state index >= 15 is 0 Å². The zero-order valence-corrected chi connectivity index (χ0v) is 22.4. The van der Waals surface area contributed by atoms with Crippen LogP contribution in [0.2, 0.25) is 0 Å². The molecule has 0 radical (unpaired) electrons. The summed E-state index contributed by atoms with van der Waals surface area (Å²) in [7, 11) is 1.59. The number of amides is 1. The Labute approximate surface area is 225 Å². The van der Waals surface area contributed by atoms with Crippen molar-refractivity contribution in [1.82, 2.24) is 24.9 Å². The minimum Gasteiger partial charge on any atom is -0.497 e. The summed E-state index contributed by atoms with van der Waals surface area (Å²) < 4.78 is 6.71. The highest BCUT2D eigenvalue weighted by Crippen LogP contribution is 2.27. The molecule has 0 saturated carbocycles. The van der Waals surface area contributed by atoms with Gasteiger partial charge in [-0.1, -0.05) is 38.1 Å². The van der Waals surface area contributed by atoms with Crippen molar-refractivity contribution in [2.75, 3.05) is 13.7 Å². The quantitative estimate of drug-likeness (QED) is 0.274. The van der Waals surface area contributed by atoms with Crippen LogP contribution in [0.3, 0.4) is 0 Å². The number of aromatic nitrogens is 4. The Morgan fingerprint density at radius 3 is 2.64 bits per heavy atom. The van der Waals surface area contributed by atoms with Crippen LogP contribution in [0.5, 0.6) is 5.75 Å². The van der Waals surface area contributed by atoms with Crippen molar-refractivity contribution in [3.05, 3.63) is 93.7 Å². The number of H-pyrrole nitrogens is 1.